The van der Waals surface area contributed by atoms with E-state index in [9.17, 15) is 4.79 Å². The highest BCUT2D eigenvalue weighted by Crippen LogP contribution is 2.24. The SMILES string of the molecule is CCOC(=O)CC(c1ccc(OC)nc1)n1ccc(OCCCc2ccc3cccnc3n2)n1. The number of ether oxygens (including phenoxy) is 3. The van der Waals surface area contributed by atoms with Crippen molar-refractivity contribution in [1.82, 2.24) is 24.7 Å². The molecule has 0 fully saturated rings. The van der Waals surface area contributed by atoms with E-state index in [0.717, 1.165) is 35.1 Å². The third kappa shape index (κ3) is 5.86. The summed E-state index contributed by atoms with van der Waals surface area (Å²) in [6, 6.07) is 13.0. The minimum absolute atomic E-state index is 0.130. The molecule has 1 atom stereocenters. The van der Waals surface area contributed by atoms with Gasteiger partial charge in [-0.3, -0.25) is 9.48 Å². The Morgan fingerprint density at radius 3 is 2.79 bits per heavy atom. The van der Waals surface area contributed by atoms with E-state index in [1.54, 1.807) is 49.4 Å². The quantitative estimate of drug-likeness (QED) is 0.246. The highest BCUT2D eigenvalue weighted by molar-refractivity contribution is 5.74. The molecule has 0 spiro atoms. The fourth-order valence-corrected chi connectivity index (χ4v) is 3.58. The van der Waals surface area contributed by atoms with Gasteiger partial charge >= 0.3 is 5.97 Å². The van der Waals surface area contributed by atoms with E-state index in [4.69, 9.17) is 14.2 Å². The Morgan fingerprint density at radius 1 is 1.09 bits per heavy atom. The highest BCUT2D eigenvalue weighted by Gasteiger charge is 2.21. The lowest BCUT2D eigenvalue weighted by Gasteiger charge is -2.17. The van der Waals surface area contributed by atoms with Crippen LogP contribution < -0.4 is 9.47 Å². The Kier molecular flexibility index (Phi) is 7.64. The number of hydrogen-bond donors (Lipinski definition) is 0. The zero-order valence-corrected chi connectivity index (χ0v) is 19.3. The van der Waals surface area contributed by atoms with Crippen molar-refractivity contribution in [2.45, 2.75) is 32.2 Å². The molecule has 0 aliphatic carbocycles. The molecule has 34 heavy (non-hydrogen) atoms. The summed E-state index contributed by atoms with van der Waals surface area (Å²) in [4.78, 5) is 25.4. The van der Waals surface area contributed by atoms with E-state index in [1.165, 1.54) is 0 Å². The van der Waals surface area contributed by atoms with Crippen LogP contribution in [-0.4, -0.2) is 51.0 Å². The second-order valence-electron chi connectivity index (χ2n) is 7.60. The molecule has 9 heteroatoms. The van der Waals surface area contributed by atoms with Gasteiger partial charge in [-0.25, -0.2) is 15.0 Å². The Bertz CT molecular complexity index is 1230. The Labute approximate surface area is 197 Å². The smallest absolute Gasteiger partial charge is 0.308 e. The first-order valence-electron chi connectivity index (χ1n) is 11.2. The van der Waals surface area contributed by atoms with E-state index in [2.05, 4.69) is 20.1 Å². The number of hydrogen-bond acceptors (Lipinski definition) is 8. The normalized spacial score (nSPS) is 11.8. The maximum atomic E-state index is 12.2. The van der Waals surface area contributed by atoms with Crippen molar-refractivity contribution in [2.75, 3.05) is 20.3 Å². The number of fused-ring (bicyclic) bond motifs is 1. The van der Waals surface area contributed by atoms with Gasteiger partial charge in [-0.2, -0.15) is 0 Å². The van der Waals surface area contributed by atoms with Crippen molar-refractivity contribution in [3.05, 3.63) is 72.3 Å². The van der Waals surface area contributed by atoms with Crippen LogP contribution in [0.4, 0.5) is 0 Å². The summed E-state index contributed by atoms with van der Waals surface area (Å²) in [5.41, 5.74) is 2.54. The summed E-state index contributed by atoms with van der Waals surface area (Å²) in [7, 11) is 1.56. The largest absolute Gasteiger partial charge is 0.481 e. The van der Waals surface area contributed by atoms with Gasteiger partial charge in [0.25, 0.3) is 0 Å². The molecule has 0 aliphatic heterocycles. The van der Waals surface area contributed by atoms with Gasteiger partial charge < -0.3 is 14.2 Å². The zero-order valence-electron chi connectivity index (χ0n) is 19.3. The second kappa shape index (κ2) is 11.2. The fourth-order valence-electron chi connectivity index (χ4n) is 3.58. The fraction of sp³-hybridized carbons (Fsp3) is 0.320. The second-order valence-corrected chi connectivity index (χ2v) is 7.60. The van der Waals surface area contributed by atoms with Crippen LogP contribution in [0, 0.1) is 0 Å². The van der Waals surface area contributed by atoms with Crippen LogP contribution >= 0.6 is 0 Å². The molecule has 0 N–H and O–H groups in total. The van der Waals surface area contributed by atoms with Crippen molar-refractivity contribution in [3.63, 3.8) is 0 Å². The van der Waals surface area contributed by atoms with Gasteiger partial charge in [-0.1, -0.05) is 0 Å². The molecular formula is C25H27N5O4. The molecule has 176 valence electrons. The molecule has 9 nitrogen and oxygen atoms in total. The first-order chi connectivity index (χ1) is 16.7. The van der Waals surface area contributed by atoms with Gasteiger partial charge in [-0.15, -0.1) is 5.10 Å². The van der Waals surface area contributed by atoms with Crippen LogP contribution in [-0.2, 0) is 16.0 Å². The lowest BCUT2D eigenvalue weighted by Crippen LogP contribution is -2.18. The number of methoxy groups -OCH3 is 1. The molecule has 0 amide bonds. The third-order valence-electron chi connectivity index (χ3n) is 5.27. The number of nitrogens with zero attached hydrogens (tertiary/aromatic N) is 5. The molecule has 4 aromatic heterocycles. The van der Waals surface area contributed by atoms with Crippen molar-refractivity contribution >= 4 is 17.0 Å². The topological polar surface area (TPSA) is 101 Å². The molecule has 0 aliphatic rings. The molecule has 0 bridgehead atoms. The van der Waals surface area contributed by atoms with Gasteiger partial charge in [0.05, 0.1) is 32.8 Å². The minimum Gasteiger partial charge on any atom is -0.481 e. The van der Waals surface area contributed by atoms with Gasteiger partial charge in [0.1, 0.15) is 0 Å². The average molecular weight is 462 g/mol. The standard InChI is InChI=1S/C25H27N5O4/c1-3-33-24(31)16-21(19-9-11-22(32-2)27-17-19)30-14-12-23(29-30)34-15-5-7-20-10-8-18-6-4-13-26-25(18)28-20/h4,6,8-14,17,21H,3,5,7,15-16H2,1-2H3. The summed E-state index contributed by atoms with van der Waals surface area (Å²) < 4.78 is 17.8. The molecule has 4 heterocycles. The molecule has 0 saturated heterocycles. The highest BCUT2D eigenvalue weighted by atomic mass is 16.5. The molecule has 1 unspecified atom stereocenters. The van der Waals surface area contributed by atoms with Gasteiger partial charge in [-0.05, 0) is 55.7 Å². The van der Waals surface area contributed by atoms with E-state index in [0.29, 0.717) is 25.0 Å². The monoisotopic (exact) mass is 461 g/mol. The predicted molar refractivity (Wildman–Crippen MR) is 126 cm³/mol. The van der Waals surface area contributed by atoms with E-state index >= 15 is 0 Å². The molecular weight excluding hydrogens is 434 g/mol. The number of aromatic nitrogens is 5. The van der Waals surface area contributed by atoms with Gasteiger partial charge in [0.2, 0.25) is 11.8 Å². The zero-order chi connectivity index (χ0) is 23.8. The number of aryl methyl sites for hydroxylation is 1. The number of esters is 1. The summed E-state index contributed by atoms with van der Waals surface area (Å²) >= 11 is 0. The predicted octanol–water partition coefficient (Wildman–Crippen LogP) is 3.78. The lowest BCUT2D eigenvalue weighted by molar-refractivity contribution is -0.143. The first kappa shape index (κ1) is 23.2. The lowest BCUT2D eigenvalue weighted by atomic mass is 10.1. The maximum absolute atomic E-state index is 12.2. The molecule has 4 rings (SSSR count). The first-order valence-corrected chi connectivity index (χ1v) is 11.2. The average Bonchev–Trinajstić information content (AvgIpc) is 3.34. The van der Waals surface area contributed by atoms with Crippen molar-refractivity contribution in [3.8, 4) is 11.8 Å². The van der Waals surface area contributed by atoms with Crippen LogP contribution in [0.2, 0.25) is 0 Å². The van der Waals surface area contributed by atoms with Crippen molar-refractivity contribution in [2.24, 2.45) is 0 Å². The van der Waals surface area contributed by atoms with Gasteiger partial charge in [0, 0.05) is 41.8 Å². The number of carbonyl (C=O) groups is 1. The van der Waals surface area contributed by atoms with E-state index in [1.807, 2.05) is 30.3 Å². The summed E-state index contributed by atoms with van der Waals surface area (Å²) in [5, 5.41) is 5.56. The summed E-state index contributed by atoms with van der Waals surface area (Å²) in [6.07, 6.45) is 6.90. The number of carbonyl (C=O) groups excluding carboxylic acids is 1. The van der Waals surface area contributed by atoms with Gasteiger partial charge in [0.15, 0.2) is 5.65 Å². The van der Waals surface area contributed by atoms with Crippen LogP contribution in [0.5, 0.6) is 11.8 Å². The van der Waals surface area contributed by atoms with Crippen LogP contribution in [0.1, 0.15) is 37.1 Å². The Morgan fingerprint density at radius 2 is 2.00 bits per heavy atom. The molecule has 0 aromatic carbocycles. The summed E-state index contributed by atoms with van der Waals surface area (Å²) in [5.74, 6) is 0.682. The molecule has 0 saturated carbocycles. The third-order valence-corrected chi connectivity index (χ3v) is 5.27. The molecule has 4 aromatic rings. The van der Waals surface area contributed by atoms with E-state index < -0.39 is 0 Å². The minimum atomic E-state index is -0.371. The van der Waals surface area contributed by atoms with Crippen molar-refractivity contribution < 1.29 is 19.0 Å². The molecule has 0 radical (unpaired) electrons. The Balaban J connectivity index is 1.37. The van der Waals surface area contributed by atoms with E-state index in [-0.39, 0.29) is 18.4 Å². The van der Waals surface area contributed by atoms with Crippen LogP contribution in [0.3, 0.4) is 0 Å². The summed E-state index contributed by atoms with van der Waals surface area (Å²) in [6.45, 7) is 2.60. The Hall–Kier alpha value is -4.01. The van der Waals surface area contributed by atoms with Crippen molar-refractivity contribution in [1.29, 1.82) is 0 Å². The maximum Gasteiger partial charge on any atom is 0.308 e. The van der Waals surface area contributed by atoms with Crippen LogP contribution in [0.25, 0.3) is 11.0 Å². The number of pyridine rings is 3. The van der Waals surface area contributed by atoms with Crippen LogP contribution in [0.15, 0.2) is 61.1 Å². The number of rotatable bonds is 11.